The van der Waals surface area contributed by atoms with Gasteiger partial charge in [-0.2, -0.15) is 8.42 Å². The molecule has 4 N–H and O–H groups in total. The van der Waals surface area contributed by atoms with Gasteiger partial charge in [-0.25, -0.2) is 8.78 Å². The van der Waals surface area contributed by atoms with E-state index in [0.717, 1.165) is 17.3 Å². The largest absolute Gasteiger partial charge is 0.488 e. The van der Waals surface area contributed by atoms with Crippen LogP contribution in [-0.2, 0) is 23.0 Å². The molecule has 3 aromatic rings. The van der Waals surface area contributed by atoms with E-state index in [4.69, 9.17) is 27.2 Å². The molecular formula is C21H23F2N3O4S2. The number of nitrogens with one attached hydrogen (secondary N) is 1. The van der Waals surface area contributed by atoms with Crippen molar-refractivity contribution in [1.82, 2.24) is 9.55 Å². The first-order chi connectivity index (χ1) is 15.1. The van der Waals surface area contributed by atoms with E-state index in [0.29, 0.717) is 36.3 Å². The number of aromatic nitrogens is 2. The molecular weight excluding hydrogens is 460 g/mol. The van der Waals surface area contributed by atoms with Gasteiger partial charge in [0, 0.05) is 36.4 Å². The normalized spacial score (nSPS) is 15.3. The lowest BCUT2D eigenvalue weighted by Gasteiger charge is -2.27. The molecule has 0 fully saturated rings. The van der Waals surface area contributed by atoms with Crippen LogP contribution in [-0.4, -0.2) is 35.7 Å². The minimum absolute atomic E-state index is 0.0666. The Labute approximate surface area is 189 Å². The van der Waals surface area contributed by atoms with Crippen LogP contribution in [0.4, 0.5) is 8.78 Å². The molecule has 7 nitrogen and oxygen atoms in total. The van der Waals surface area contributed by atoms with Gasteiger partial charge in [0.05, 0.1) is 10.9 Å². The second-order valence-electron chi connectivity index (χ2n) is 7.33. The van der Waals surface area contributed by atoms with E-state index in [1.807, 2.05) is 17.7 Å². The van der Waals surface area contributed by atoms with Crippen LogP contribution in [0, 0.1) is 23.3 Å². The van der Waals surface area contributed by atoms with Crippen molar-refractivity contribution in [3.05, 3.63) is 75.8 Å². The Kier molecular flexibility index (Phi) is 7.44. The van der Waals surface area contributed by atoms with Crippen LogP contribution in [0.2, 0.25) is 0 Å². The zero-order valence-corrected chi connectivity index (χ0v) is 18.8. The average molecular weight is 484 g/mol. The number of rotatable bonds is 4. The lowest BCUT2D eigenvalue weighted by molar-refractivity contribution is 0.210. The van der Waals surface area contributed by atoms with Crippen molar-refractivity contribution in [3.8, 4) is 5.75 Å². The molecule has 11 heteroatoms. The number of aromatic amines is 1. The zero-order valence-electron chi connectivity index (χ0n) is 17.2. The highest BCUT2D eigenvalue weighted by molar-refractivity contribution is 7.85. The molecule has 0 bridgehead atoms. The molecule has 4 rings (SSSR count). The first kappa shape index (κ1) is 24.1. The summed E-state index contributed by atoms with van der Waals surface area (Å²) in [5.74, 6) is -1.13. The molecule has 0 amide bonds. The quantitative estimate of drug-likeness (QED) is 0.385. The molecule has 0 saturated carbocycles. The fourth-order valence-electron chi connectivity index (χ4n) is 3.45. The summed E-state index contributed by atoms with van der Waals surface area (Å²) in [6.07, 6.45) is 2.96. The topological polar surface area (TPSA) is 110 Å². The molecule has 1 aliphatic heterocycles. The van der Waals surface area contributed by atoms with Crippen molar-refractivity contribution in [2.24, 2.45) is 5.73 Å². The van der Waals surface area contributed by atoms with E-state index in [9.17, 15) is 17.2 Å². The van der Waals surface area contributed by atoms with Crippen molar-refractivity contribution >= 4 is 22.3 Å². The molecule has 32 heavy (non-hydrogen) atoms. The van der Waals surface area contributed by atoms with Gasteiger partial charge in [0.2, 0.25) is 0 Å². The SMILES string of the molecule is Cc1ccc(S(=O)(=O)O)cc1.NCCc1c[nH]c(=S)n1C1COc2c(F)cc(F)cc2C1. The summed E-state index contributed by atoms with van der Waals surface area (Å²) in [4.78, 5) is 2.92. The van der Waals surface area contributed by atoms with Gasteiger partial charge in [0.25, 0.3) is 10.1 Å². The molecule has 172 valence electrons. The first-order valence-electron chi connectivity index (χ1n) is 9.74. The fourth-order valence-corrected chi connectivity index (χ4v) is 4.26. The number of aryl methyl sites for hydroxylation is 1. The van der Waals surface area contributed by atoms with Crippen LogP contribution in [0.25, 0.3) is 0 Å². The van der Waals surface area contributed by atoms with E-state index >= 15 is 0 Å². The summed E-state index contributed by atoms with van der Waals surface area (Å²) >= 11 is 5.28. The molecule has 0 aliphatic carbocycles. The number of hydrogen-bond acceptors (Lipinski definition) is 5. The van der Waals surface area contributed by atoms with Crippen LogP contribution in [0.5, 0.6) is 5.75 Å². The van der Waals surface area contributed by atoms with Crippen molar-refractivity contribution in [2.75, 3.05) is 13.2 Å². The molecule has 1 aliphatic rings. The van der Waals surface area contributed by atoms with Crippen molar-refractivity contribution in [2.45, 2.75) is 30.7 Å². The summed E-state index contributed by atoms with van der Waals surface area (Å²) in [6.45, 7) is 2.63. The highest BCUT2D eigenvalue weighted by Gasteiger charge is 2.26. The number of fused-ring (bicyclic) bond motifs is 1. The Morgan fingerprint density at radius 1 is 1.28 bits per heavy atom. The molecule has 0 saturated heterocycles. The smallest absolute Gasteiger partial charge is 0.294 e. The fraction of sp³-hybridized carbons (Fsp3) is 0.286. The molecule has 1 atom stereocenters. The molecule has 0 spiro atoms. The van der Waals surface area contributed by atoms with E-state index in [2.05, 4.69) is 4.98 Å². The number of hydrogen-bond donors (Lipinski definition) is 3. The third kappa shape index (κ3) is 5.60. The Morgan fingerprint density at radius 2 is 1.97 bits per heavy atom. The monoisotopic (exact) mass is 483 g/mol. The van der Waals surface area contributed by atoms with Crippen LogP contribution >= 0.6 is 12.2 Å². The lowest BCUT2D eigenvalue weighted by atomic mass is 10.0. The van der Waals surface area contributed by atoms with Crippen LogP contribution in [0.15, 0.2) is 47.5 Å². The standard InChI is InChI=1S/C14H15F2N3OS.C7H8O3S/c15-9-3-8-4-11(7-20-13(8)12(16)5-9)19-10(1-2-17)6-18-14(19)21;1-6-2-4-7(5-3-6)11(8,9)10/h3,5-6,11H,1-2,4,7,17H2,(H,18,21);2-5H,1H3,(H,8,9,10). The maximum atomic E-state index is 13.7. The minimum Gasteiger partial charge on any atom is -0.488 e. The number of H-pyrrole nitrogens is 1. The van der Waals surface area contributed by atoms with Gasteiger partial charge in [0.15, 0.2) is 16.3 Å². The van der Waals surface area contributed by atoms with Gasteiger partial charge in [-0.3, -0.25) is 4.55 Å². The van der Waals surface area contributed by atoms with Gasteiger partial charge in [-0.15, -0.1) is 0 Å². The van der Waals surface area contributed by atoms with Crippen molar-refractivity contribution < 1.29 is 26.5 Å². The van der Waals surface area contributed by atoms with Crippen molar-refractivity contribution in [3.63, 3.8) is 0 Å². The molecule has 0 radical (unpaired) electrons. The second kappa shape index (κ2) is 9.90. The van der Waals surface area contributed by atoms with Gasteiger partial charge < -0.3 is 20.0 Å². The number of nitrogens with zero attached hydrogens (tertiary/aromatic N) is 1. The predicted octanol–water partition coefficient (Wildman–Crippen LogP) is 3.74. The van der Waals surface area contributed by atoms with E-state index in [-0.39, 0.29) is 16.7 Å². The molecule has 2 aromatic carbocycles. The van der Waals surface area contributed by atoms with E-state index in [1.54, 1.807) is 12.1 Å². The second-order valence-corrected chi connectivity index (χ2v) is 9.14. The lowest BCUT2D eigenvalue weighted by Crippen LogP contribution is -2.27. The maximum Gasteiger partial charge on any atom is 0.294 e. The third-order valence-electron chi connectivity index (χ3n) is 4.94. The summed E-state index contributed by atoms with van der Waals surface area (Å²) in [7, 11) is -4.02. The van der Waals surface area contributed by atoms with Gasteiger partial charge >= 0.3 is 0 Å². The summed E-state index contributed by atoms with van der Waals surface area (Å²) < 4.78 is 64.5. The van der Waals surface area contributed by atoms with Gasteiger partial charge in [-0.1, -0.05) is 17.7 Å². The number of halogens is 2. The minimum atomic E-state index is -4.02. The Balaban J connectivity index is 0.000000222. The summed E-state index contributed by atoms with van der Waals surface area (Å²) in [6, 6.07) is 8.03. The Hall–Kier alpha value is -2.60. The van der Waals surface area contributed by atoms with Gasteiger partial charge in [0.1, 0.15) is 12.4 Å². The number of benzene rings is 2. The van der Waals surface area contributed by atoms with Crippen LogP contribution < -0.4 is 10.5 Å². The highest BCUT2D eigenvalue weighted by atomic mass is 32.2. The molecule has 2 heterocycles. The van der Waals surface area contributed by atoms with Gasteiger partial charge in [-0.05, 0) is 43.9 Å². The summed E-state index contributed by atoms with van der Waals surface area (Å²) in [5, 5.41) is 0. The van der Waals surface area contributed by atoms with E-state index in [1.165, 1.54) is 18.2 Å². The highest BCUT2D eigenvalue weighted by Crippen LogP contribution is 2.33. The molecule has 1 aromatic heterocycles. The Bertz CT molecular complexity index is 1260. The van der Waals surface area contributed by atoms with E-state index < -0.39 is 21.8 Å². The first-order valence-corrected chi connectivity index (χ1v) is 11.6. The maximum absolute atomic E-state index is 13.7. The number of imidazole rings is 1. The number of nitrogens with two attached hydrogens (primary N) is 1. The predicted molar refractivity (Wildman–Crippen MR) is 118 cm³/mol. The summed E-state index contributed by atoms with van der Waals surface area (Å²) in [5.41, 5.74) is 8.04. The average Bonchev–Trinajstić information content (AvgIpc) is 3.08. The zero-order chi connectivity index (χ0) is 23.5. The van der Waals surface area contributed by atoms with Crippen LogP contribution in [0.3, 0.4) is 0 Å². The number of ether oxygens (including phenoxy) is 1. The molecule has 1 unspecified atom stereocenters. The van der Waals surface area contributed by atoms with Crippen LogP contribution in [0.1, 0.15) is 22.9 Å². The third-order valence-corrected chi connectivity index (χ3v) is 6.12. The van der Waals surface area contributed by atoms with Crippen molar-refractivity contribution in [1.29, 1.82) is 0 Å². The Morgan fingerprint density at radius 3 is 2.59 bits per heavy atom.